The molecular weight excluding hydrogens is 176 g/mol. The molecule has 1 aliphatic heterocycles. The lowest BCUT2D eigenvalue weighted by atomic mass is 10.1. The molecule has 2 rings (SSSR count). The monoisotopic (exact) mass is 194 g/mol. The van der Waals surface area contributed by atoms with Crippen molar-refractivity contribution in [1.29, 1.82) is 0 Å². The summed E-state index contributed by atoms with van der Waals surface area (Å²) >= 11 is 0. The minimum Gasteiger partial charge on any atom is -0.478 e. The van der Waals surface area contributed by atoms with Crippen molar-refractivity contribution in [3.05, 3.63) is 18.3 Å². The Balaban J connectivity index is 1.62. The number of nitrogens with zero attached hydrogens (tertiary/aromatic N) is 1. The standard InChI is InChI=1S/C11H18N2O/c1-2-7-13(8-3-1)9-10-14-11-5-4-6-12-11/h4-6,12H,1-3,7-10H2. The molecule has 0 aliphatic carbocycles. The van der Waals surface area contributed by atoms with Crippen molar-refractivity contribution in [2.45, 2.75) is 19.3 Å². The van der Waals surface area contributed by atoms with Crippen molar-refractivity contribution in [3.8, 4) is 5.88 Å². The maximum absolute atomic E-state index is 5.55. The Hall–Kier alpha value is -0.960. The third-order valence-electron chi connectivity index (χ3n) is 2.68. The molecule has 0 saturated carbocycles. The van der Waals surface area contributed by atoms with E-state index in [1.807, 2.05) is 18.3 Å². The van der Waals surface area contributed by atoms with E-state index in [9.17, 15) is 0 Å². The zero-order valence-corrected chi connectivity index (χ0v) is 8.54. The van der Waals surface area contributed by atoms with Crippen LogP contribution in [0.15, 0.2) is 18.3 Å². The number of aromatic amines is 1. The van der Waals surface area contributed by atoms with Gasteiger partial charge in [-0.25, -0.2) is 0 Å². The first-order valence-corrected chi connectivity index (χ1v) is 5.44. The van der Waals surface area contributed by atoms with Gasteiger partial charge < -0.3 is 9.72 Å². The molecule has 78 valence electrons. The van der Waals surface area contributed by atoms with Crippen LogP contribution in [0.5, 0.6) is 5.88 Å². The first kappa shape index (κ1) is 9.59. The second kappa shape index (κ2) is 5.05. The number of likely N-dealkylation sites (tertiary alicyclic amines) is 1. The molecule has 0 atom stereocenters. The van der Waals surface area contributed by atoms with Crippen LogP contribution in [0.2, 0.25) is 0 Å². The minimum atomic E-state index is 0.792. The Morgan fingerprint density at radius 3 is 2.86 bits per heavy atom. The van der Waals surface area contributed by atoms with Gasteiger partial charge in [-0.2, -0.15) is 0 Å². The molecule has 1 aromatic heterocycles. The molecule has 1 fully saturated rings. The molecule has 3 heteroatoms. The van der Waals surface area contributed by atoms with Gasteiger partial charge in [-0.15, -0.1) is 0 Å². The summed E-state index contributed by atoms with van der Waals surface area (Å²) in [4.78, 5) is 5.51. The molecule has 3 nitrogen and oxygen atoms in total. The van der Waals surface area contributed by atoms with Crippen LogP contribution >= 0.6 is 0 Å². The molecule has 1 aliphatic rings. The average molecular weight is 194 g/mol. The lowest BCUT2D eigenvalue weighted by Crippen LogP contribution is -2.33. The van der Waals surface area contributed by atoms with Gasteiger partial charge in [-0.05, 0) is 38.1 Å². The molecule has 1 aromatic rings. The molecule has 0 amide bonds. The Kier molecular flexibility index (Phi) is 3.46. The van der Waals surface area contributed by atoms with Gasteiger partial charge in [0.2, 0.25) is 0 Å². The highest BCUT2D eigenvalue weighted by Crippen LogP contribution is 2.09. The van der Waals surface area contributed by atoms with Crippen molar-refractivity contribution in [1.82, 2.24) is 9.88 Å². The van der Waals surface area contributed by atoms with Crippen molar-refractivity contribution in [3.63, 3.8) is 0 Å². The maximum Gasteiger partial charge on any atom is 0.190 e. The fourth-order valence-electron chi connectivity index (χ4n) is 1.87. The van der Waals surface area contributed by atoms with E-state index in [2.05, 4.69) is 9.88 Å². The Labute approximate surface area is 85.1 Å². The van der Waals surface area contributed by atoms with E-state index >= 15 is 0 Å². The molecule has 0 aromatic carbocycles. The largest absolute Gasteiger partial charge is 0.478 e. The quantitative estimate of drug-likeness (QED) is 0.792. The fraction of sp³-hybridized carbons (Fsp3) is 0.636. The van der Waals surface area contributed by atoms with Gasteiger partial charge in [0.05, 0.1) is 0 Å². The molecule has 0 spiro atoms. The minimum absolute atomic E-state index is 0.792. The topological polar surface area (TPSA) is 28.3 Å². The summed E-state index contributed by atoms with van der Waals surface area (Å²) in [6.07, 6.45) is 5.98. The van der Waals surface area contributed by atoms with Crippen molar-refractivity contribution >= 4 is 0 Å². The van der Waals surface area contributed by atoms with E-state index in [1.54, 1.807) is 0 Å². The Bertz CT molecular complexity index is 240. The fourth-order valence-corrected chi connectivity index (χ4v) is 1.87. The van der Waals surface area contributed by atoms with Crippen molar-refractivity contribution in [2.75, 3.05) is 26.2 Å². The van der Waals surface area contributed by atoms with E-state index in [-0.39, 0.29) is 0 Å². The number of aromatic nitrogens is 1. The summed E-state index contributed by atoms with van der Waals surface area (Å²) in [5.41, 5.74) is 0. The molecular formula is C11H18N2O. The van der Waals surface area contributed by atoms with Crippen LogP contribution in [-0.4, -0.2) is 36.1 Å². The highest BCUT2D eigenvalue weighted by molar-refractivity contribution is 5.09. The van der Waals surface area contributed by atoms with Crippen LogP contribution in [0, 0.1) is 0 Å². The predicted octanol–water partition coefficient (Wildman–Crippen LogP) is 1.88. The highest BCUT2D eigenvalue weighted by Gasteiger charge is 2.09. The molecule has 0 radical (unpaired) electrons. The first-order chi connectivity index (χ1) is 6.95. The molecule has 1 N–H and O–H groups in total. The van der Waals surface area contributed by atoms with Crippen molar-refractivity contribution in [2.24, 2.45) is 0 Å². The van der Waals surface area contributed by atoms with Crippen LogP contribution in [-0.2, 0) is 0 Å². The van der Waals surface area contributed by atoms with E-state index in [1.165, 1.54) is 32.4 Å². The van der Waals surface area contributed by atoms with Crippen LogP contribution in [0.25, 0.3) is 0 Å². The summed E-state index contributed by atoms with van der Waals surface area (Å²) < 4.78 is 5.55. The molecule has 14 heavy (non-hydrogen) atoms. The third kappa shape index (κ3) is 2.77. The molecule has 0 bridgehead atoms. The number of piperidine rings is 1. The highest BCUT2D eigenvalue weighted by atomic mass is 16.5. The number of H-pyrrole nitrogens is 1. The van der Waals surface area contributed by atoms with Crippen LogP contribution in [0.1, 0.15) is 19.3 Å². The van der Waals surface area contributed by atoms with Gasteiger partial charge in [0, 0.05) is 12.7 Å². The lowest BCUT2D eigenvalue weighted by Gasteiger charge is -2.25. The average Bonchev–Trinajstić information content (AvgIpc) is 2.72. The summed E-state index contributed by atoms with van der Waals surface area (Å²) in [6, 6.07) is 3.91. The van der Waals surface area contributed by atoms with Crippen LogP contribution < -0.4 is 4.74 Å². The van der Waals surface area contributed by atoms with Gasteiger partial charge in [0.25, 0.3) is 0 Å². The predicted molar refractivity (Wildman–Crippen MR) is 56.6 cm³/mol. The van der Waals surface area contributed by atoms with Gasteiger partial charge in [0.15, 0.2) is 5.88 Å². The molecule has 1 saturated heterocycles. The van der Waals surface area contributed by atoms with E-state index in [0.717, 1.165) is 19.0 Å². The summed E-state index contributed by atoms with van der Waals surface area (Å²) in [5, 5.41) is 0. The molecule has 0 unspecified atom stereocenters. The van der Waals surface area contributed by atoms with Gasteiger partial charge in [0.1, 0.15) is 6.61 Å². The first-order valence-electron chi connectivity index (χ1n) is 5.44. The summed E-state index contributed by atoms with van der Waals surface area (Å²) in [7, 11) is 0. The van der Waals surface area contributed by atoms with Gasteiger partial charge in [-0.3, -0.25) is 4.90 Å². The number of hydrogen-bond donors (Lipinski definition) is 1. The number of nitrogens with one attached hydrogen (secondary N) is 1. The number of rotatable bonds is 4. The maximum atomic E-state index is 5.55. The SMILES string of the molecule is c1c[nH]c(OCCN2CCCCC2)c1. The van der Waals surface area contributed by atoms with E-state index in [4.69, 9.17) is 4.74 Å². The van der Waals surface area contributed by atoms with Gasteiger partial charge in [-0.1, -0.05) is 6.42 Å². The zero-order chi connectivity index (χ0) is 9.64. The third-order valence-corrected chi connectivity index (χ3v) is 2.68. The van der Waals surface area contributed by atoms with Crippen LogP contribution in [0.4, 0.5) is 0 Å². The summed E-state index contributed by atoms with van der Waals surface area (Å²) in [5.74, 6) is 0.877. The summed E-state index contributed by atoms with van der Waals surface area (Å²) in [6.45, 7) is 4.34. The second-order valence-corrected chi connectivity index (χ2v) is 3.79. The number of hydrogen-bond acceptors (Lipinski definition) is 2. The number of ether oxygens (including phenoxy) is 1. The normalized spacial score (nSPS) is 18.3. The lowest BCUT2D eigenvalue weighted by molar-refractivity contribution is 0.181. The Morgan fingerprint density at radius 1 is 1.29 bits per heavy atom. The van der Waals surface area contributed by atoms with Crippen LogP contribution in [0.3, 0.4) is 0 Å². The van der Waals surface area contributed by atoms with E-state index in [0.29, 0.717) is 0 Å². The second-order valence-electron chi connectivity index (χ2n) is 3.79. The van der Waals surface area contributed by atoms with E-state index < -0.39 is 0 Å². The van der Waals surface area contributed by atoms with Crippen molar-refractivity contribution < 1.29 is 4.74 Å². The van der Waals surface area contributed by atoms with Gasteiger partial charge >= 0.3 is 0 Å². The smallest absolute Gasteiger partial charge is 0.190 e. The molecule has 2 heterocycles. The zero-order valence-electron chi connectivity index (χ0n) is 8.54. The Morgan fingerprint density at radius 2 is 2.14 bits per heavy atom.